The molecule has 0 unspecified atom stereocenters. The Bertz CT molecular complexity index is 496. The predicted molar refractivity (Wildman–Crippen MR) is 87.1 cm³/mol. The van der Waals surface area contributed by atoms with E-state index in [1.165, 1.54) is 5.56 Å². The van der Waals surface area contributed by atoms with Crippen LogP contribution in [0.2, 0.25) is 0 Å². The first-order valence-electron chi connectivity index (χ1n) is 7.47. The van der Waals surface area contributed by atoms with E-state index >= 15 is 0 Å². The van der Waals surface area contributed by atoms with Gasteiger partial charge in [-0.1, -0.05) is 30.3 Å². The SMILES string of the molecule is CCOCCOc1ccc(NCCc2ccccc2)cc1. The van der Waals surface area contributed by atoms with E-state index in [0.717, 1.165) is 31.0 Å². The molecular weight excluding hydrogens is 262 g/mol. The van der Waals surface area contributed by atoms with Crippen molar-refractivity contribution in [1.82, 2.24) is 0 Å². The molecular formula is C18H23NO2. The number of benzene rings is 2. The van der Waals surface area contributed by atoms with E-state index in [0.29, 0.717) is 13.2 Å². The van der Waals surface area contributed by atoms with Crippen LogP contribution >= 0.6 is 0 Å². The first kappa shape index (κ1) is 15.4. The average molecular weight is 285 g/mol. The molecule has 2 aromatic carbocycles. The Balaban J connectivity index is 1.69. The maximum absolute atomic E-state index is 5.58. The molecule has 0 fully saturated rings. The summed E-state index contributed by atoms with van der Waals surface area (Å²) in [7, 11) is 0. The summed E-state index contributed by atoms with van der Waals surface area (Å²) < 4.78 is 10.8. The molecule has 0 saturated heterocycles. The van der Waals surface area contributed by atoms with E-state index in [1.54, 1.807) is 0 Å². The quantitative estimate of drug-likeness (QED) is 0.712. The third-order valence-corrected chi connectivity index (χ3v) is 3.14. The standard InChI is InChI=1S/C18H23NO2/c1-2-20-14-15-21-18-10-8-17(9-11-18)19-13-12-16-6-4-3-5-7-16/h3-11,19H,2,12-15H2,1H3. The topological polar surface area (TPSA) is 30.5 Å². The minimum atomic E-state index is 0.592. The Labute approximate surface area is 126 Å². The Morgan fingerprint density at radius 3 is 2.38 bits per heavy atom. The molecule has 2 rings (SSSR count). The highest BCUT2D eigenvalue weighted by atomic mass is 16.5. The second kappa shape index (κ2) is 9.03. The van der Waals surface area contributed by atoms with Crippen molar-refractivity contribution >= 4 is 5.69 Å². The van der Waals surface area contributed by atoms with Crippen molar-refractivity contribution in [2.24, 2.45) is 0 Å². The van der Waals surface area contributed by atoms with E-state index in [2.05, 4.69) is 29.6 Å². The fourth-order valence-electron chi connectivity index (χ4n) is 2.03. The van der Waals surface area contributed by atoms with Gasteiger partial charge in [-0.2, -0.15) is 0 Å². The van der Waals surface area contributed by atoms with Crippen LogP contribution in [0.3, 0.4) is 0 Å². The number of hydrogen-bond donors (Lipinski definition) is 1. The highest BCUT2D eigenvalue weighted by Gasteiger charge is 1.96. The lowest BCUT2D eigenvalue weighted by Gasteiger charge is -2.09. The van der Waals surface area contributed by atoms with E-state index in [1.807, 2.05) is 37.3 Å². The lowest BCUT2D eigenvalue weighted by Crippen LogP contribution is -2.07. The van der Waals surface area contributed by atoms with Gasteiger partial charge in [0.2, 0.25) is 0 Å². The van der Waals surface area contributed by atoms with Gasteiger partial charge < -0.3 is 14.8 Å². The molecule has 0 aromatic heterocycles. The first-order chi connectivity index (χ1) is 10.4. The van der Waals surface area contributed by atoms with Gasteiger partial charge in [0.05, 0.1) is 6.61 Å². The first-order valence-corrected chi connectivity index (χ1v) is 7.47. The molecule has 0 spiro atoms. The third kappa shape index (κ3) is 5.88. The van der Waals surface area contributed by atoms with E-state index in [9.17, 15) is 0 Å². The van der Waals surface area contributed by atoms with Gasteiger partial charge in [-0.25, -0.2) is 0 Å². The van der Waals surface area contributed by atoms with Gasteiger partial charge >= 0.3 is 0 Å². The van der Waals surface area contributed by atoms with Crippen molar-refractivity contribution in [3.05, 3.63) is 60.2 Å². The summed E-state index contributed by atoms with van der Waals surface area (Å²) in [6.07, 6.45) is 1.02. The number of anilines is 1. The molecule has 21 heavy (non-hydrogen) atoms. The van der Waals surface area contributed by atoms with Crippen LogP contribution in [-0.4, -0.2) is 26.4 Å². The molecule has 0 saturated carbocycles. The van der Waals surface area contributed by atoms with Crippen molar-refractivity contribution in [1.29, 1.82) is 0 Å². The summed E-state index contributed by atoms with van der Waals surface area (Å²) in [4.78, 5) is 0. The van der Waals surface area contributed by atoms with Gasteiger partial charge in [-0.15, -0.1) is 0 Å². The summed E-state index contributed by atoms with van der Waals surface area (Å²) in [5, 5.41) is 3.42. The summed E-state index contributed by atoms with van der Waals surface area (Å²) in [6.45, 7) is 4.86. The number of nitrogens with one attached hydrogen (secondary N) is 1. The summed E-state index contributed by atoms with van der Waals surface area (Å²) in [6, 6.07) is 18.5. The van der Waals surface area contributed by atoms with Gasteiger partial charge in [0, 0.05) is 18.8 Å². The van der Waals surface area contributed by atoms with Crippen molar-refractivity contribution in [2.45, 2.75) is 13.3 Å². The number of rotatable bonds is 9. The van der Waals surface area contributed by atoms with Crippen molar-refractivity contribution in [3.63, 3.8) is 0 Å². The lowest BCUT2D eigenvalue weighted by molar-refractivity contribution is 0.110. The predicted octanol–water partition coefficient (Wildman–Crippen LogP) is 3.76. The van der Waals surface area contributed by atoms with Crippen LogP contribution < -0.4 is 10.1 Å². The Kier molecular flexibility index (Phi) is 6.62. The minimum Gasteiger partial charge on any atom is -0.491 e. The second-order valence-electron chi connectivity index (χ2n) is 4.73. The van der Waals surface area contributed by atoms with Crippen molar-refractivity contribution < 1.29 is 9.47 Å². The maximum atomic E-state index is 5.58. The normalized spacial score (nSPS) is 10.3. The number of hydrogen-bond acceptors (Lipinski definition) is 3. The largest absolute Gasteiger partial charge is 0.491 e. The third-order valence-electron chi connectivity index (χ3n) is 3.14. The molecule has 0 bridgehead atoms. The van der Waals surface area contributed by atoms with Gasteiger partial charge in [0.1, 0.15) is 12.4 Å². The van der Waals surface area contributed by atoms with Crippen LogP contribution in [0.4, 0.5) is 5.69 Å². The molecule has 3 heteroatoms. The fraction of sp³-hybridized carbons (Fsp3) is 0.333. The van der Waals surface area contributed by atoms with E-state index in [4.69, 9.17) is 9.47 Å². The highest BCUT2D eigenvalue weighted by molar-refractivity contribution is 5.46. The Hall–Kier alpha value is -2.00. The molecule has 3 nitrogen and oxygen atoms in total. The summed E-state index contributed by atoms with van der Waals surface area (Å²) in [5.74, 6) is 0.878. The van der Waals surface area contributed by atoms with Crippen LogP contribution in [0.25, 0.3) is 0 Å². The zero-order valence-corrected chi connectivity index (χ0v) is 12.5. The van der Waals surface area contributed by atoms with Crippen LogP contribution in [0, 0.1) is 0 Å². The molecule has 0 heterocycles. The average Bonchev–Trinajstić information content (AvgIpc) is 2.54. The second-order valence-corrected chi connectivity index (χ2v) is 4.73. The van der Waals surface area contributed by atoms with E-state index < -0.39 is 0 Å². The zero-order valence-electron chi connectivity index (χ0n) is 12.5. The van der Waals surface area contributed by atoms with Crippen molar-refractivity contribution in [3.8, 4) is 5.75 Å². The monoisotopic (exact) mass is 285 g/mol. The molecule has 0 radical (unpaired) electrons. The molecule has 0 aliphatic heterocycles. The van der Waals surface area contributed by atoms with E-state index in [-0.39, 0.29) is 0 Å². The molecule has 112 valence electrons. The number of ether oxygens (including phenoxy) is 2. The molecule has 1 N–H and O–H groups in total. The van der Waals surface area contributed by atoms with Gasteiger partial charge in [0.25, 0.3) is 0 Å². The molecule has 0 aliphatic carbocycles. The van der Waals surface area contributed by atoms with Crippen LogP contribution in [0.15, 0.2) is 54.6 Å². The molecule has 0 amide bonds. The Morgan fingerprint density at radius 2 is 1.67 bits per heavy atom. The molecule has 2 aromatic rings. The fourth-order valence-corrected chi connectivity index (χ4v) is 2.03. The Morgan fingerprint density at radius 1 is 0.905 bits per heavy atom. The van der Waals surface area contributed by atoms with Gasteiger partial charge in [-0.05, 0) is 43.2 Å². The minimum absolute atomic E-state index is 0.592. The maximum Gasteiger partial charge on any atom is 0.119 e. The highest BCUT2D eigenvalue weighted by Crippen LogP contribution is 2.15. The smallest absolute Gasteiger partial charge is 0.119 e. The summed E-state index contributed by atoms with van der Waals surface area (Å²) in [5.41, 5.74) is 2.46. The van der Waals surface area contributed by atoms with Crippen LogP contribution in [0.1, 0.15) is 12.5 Å². The lowest BCUT2D eigenvalue weighted by atomic mass is 10.1. The summed E-state index contributed by atoms with van der Waals surface area (Å²) >= 11 is 0. The van der Waals surface area contributed by atoms with Gasteiger partial charge in [0.15, 0.2) is 0 Å². The van der Waals surface area contributed by atoms with Gasteiger partial charge in [-0.3, -0.25) is 0 Å². The van der Waals surface area contributed by atoms with Crippen molar-refractivity contribution in [2.75, 3.05) is 31.7 Å². The molecule has 0 atom stereocenters. The van der Waals surface area contributed by atoms with Crippen LogP contribution in [-0.2, 0) is 11.2 Å². The van der Waals surface area contributed by atoms with Crippen LogP contribution in [0.5, 0.6) is 5.75 Å². The zero-order chi connectivity index (χ0) is 14.8. The molecule has 0 aliphatic rings.